The maximum absolute atomic E-state index is 10.0. The van der Waals surface area contributed by atoms with Crippen LogP contribution in [0.1, 0.15) is 26.7 Å². The quantitative estimate of drug-likeness (QED) is 0.462. The Morgan fingerprint density at radius 3 is 2.30 bits per heavy atom. The Balaban J connectivity index is 0. The van der Waals surface area contributed by atoms with Crippen LogP contribution in [0.15, 0.2) is 0 Å². The SMILES string of the molecule is CCCC(C)N[SH](=O)=O.[Na]. The first-order chi connectivity index (χ1) is 4.16. The van der Waals surface area contributed by atoms with Crippen LogP contribution >= 0.6 is 0 Å². The third kappa shape index (κ3) is 8.91. The van der Waals surface area contributed by atoms with Gasteiger partial charge in [-0.15, -0.1) is 0 Å². The first-order valence-corrected chi connectivity index (χ1v) is 4.25. The van der Waals surface area contributed by atoms with Crippen LogP contribution in [0.3, 0.4) is 0 Å². The molecule has 0 heterocycles. The van der Waals surface area contributed by atoms with E-state index in [1.54, 1.807) is 0 Å². The predicted octanol–water partition coefficient (Wildman–Crippen LogP) is -0.0898. The monoisotopic (exact) mass is 174 g/mol. The van der Waals surface area contributed by atoms with Crippen molar-refractivity contribution in [2.45, 2.75) is 32.7 Å². The van der Waals surface area contributed by atoms with Gasteiger partial charge in [0.2, 0.25) is 10.9 Å². The number of hydrogen-bond acceptors (Lipinski definition) is 2. The van der Waals surface area contributed by atoms with E-state index in [1.165, 1.54) is 0 Å². The molecule has 0 saturated heterocycles. The zero-order chi connectivity index (χ0) is 7.28. The third-order valence-corrected chi connectivity index (χ3v) is 1.70. The molecule has 0 amide bonds. The molecule has 57 valence electrons. The summed E-state index contributed by atoms with van der Waals surface area (Å²) in [6.07, 6.45) is 1.92. The fourth-order valence-corrected chi connectivity index (χ4v) is 1.17. The number of nitrogens with one attached hydrogen (secondary N) is 1. The van der Waals surface area contributed by atoms with Gasteiger partial charge in [-0.25, -0.2) is 13.1 Å². The summed E-state index contributed by atoms with van der Waals surface area (Å²) in [5.74, 6) is 0. The Bertz CT molecular complexity index is 130. The molecule has 3 nitrogen and oxygen atoms in total. The molecule has 0 aromatic heterocycles. The van der Waals surface area contributed by atoms with E-state index in [4.69, 9.17) is 0 Å². The molecule has 1 unspecified atom stereocenters. The minimum Gasteiger partial charge on any atom is -0.216 e. The number of thiol groups is 1. The van der Waals surface area contributed by atoms with E-state index in [0.717, 1.165) is 12.8 Å². The van der Waals surface area contributed by atoms with Gasteiger partial charge in [0, 0.05) is 35.6 Å². The van der Waals surface area contributed by atoms with Gasteiger partial charge in [0.1, 0.15) is 0 Å². The largest absolute Gasteiger partial charge is 0.216 e. The summed E-state index contributed by atoms with van der Waals surface area (Å²) in [6, 6.07) is 0.0936. The average Bonchev–Trinajstić information content (AvgIpc) is 1.63. The molecule has 0 saturated carbocycles. The van der Waals surface area contributed by atoms with Crippen molar-refractivity contribution in [2.75, 3.05) is 0 Å². The van der Waals surface area contributed by atoms with Gasteiger partial charge >= 0.3 is 0 Å². The zero-order valence-corrected chi connectivity index (χ0v) is 9.65. The Hall–Kier alpha value is 0.910. The van der Waals surface area contributed by atoms with Crippen LogP contribution in [0, 0.1) is 0 Å². The summed E-state index contributed by atoms with van der Waals surface area (Å²) in [6.45, 7) is 3.88. The summed E-state index contributed by atoms with van der Waals surface area (Å²) >= 11 is 0. The van der Waals surface area contributed by atoms with Gasteiger partial charge in [-0.05, 0) is 13.3 Å². The summed E-state index contributed by atoms with van der Waals surface area (Å²) in [4.78, 5) is 0. The third-order valence-electron chi connectivity index (χ3n) is 1.05. The predicted molar refractivity (Wildman–Crippen MR) is 43.6 cm³/mol. The maximum Gasteiger partial charge on any atom is 0.201 e. The fourth-order valence-electron chi connectivity index (χ4n) is 0.678. The van der Waals surface area contributed by atoms with Gasteiger partial charge in [0.25, 0.3) is 0 Å². The summed E-state index contributed by atoms with van der Waals surface area (Å²) in [5.41, 5.74) is 0. The normalized spacial score (nSPS) is 12.7. The van der Waals surface area contributed by atoms with Crippen molar-refractivity contribution in [1.82, 2.24) is 4.72 Å². The first-order valence-electron chi connectivity index (χ1n) is 3.07. The first kappa shape index (κ1) is 13.5. The molecular weight excluding hydrogens is 161 g/mol. The van der Waals surface area contributed by atoms with Crippen LogP contribution in [0.25, 0.3) is 0 Å². The molecular formula is C5H13NNaO2S. The second-order valence-electron chi connectivity index (χ2n) is 2.08. The van der Waals surface area contributed by atoms with Gasteiger partial charge in [-0.2, -0.15) is 0 Å². The molecule has 1 atom stereocenters. The van der Waals surface area contributed by atoms with Crippen molar-refractivity contribution >= 4 is 40.4 Å². The minimum atomic E-state index is -2.40. The van der Waals surface area contributed by atoms with Crippen molar-refractivity contribution in [3.8, 4) is 0 Å². The molecule has 0 bridgehead atoms. The summed E-state index contributed by atoms with van der Waals surface area (Å²) < 4.78 is 22.4. The van der Waals surface area contributed by atoms with Crippen molar-refractivity contribution < 1.29 is 8.42 Å². The molecule has 1 N–H and O–H groups in total. The molecule has 1 radical (unpaired) electrons. The summed E-state index contributed by atoms with van der Waals surface area (Å²) in [7, 11) is -2.40. The second-order valence-corrected chi connectivity index (χ2v) is 2.85. The van der Waals surface area contributed by atoms with E-state index in [9.17, 15) is 8.42 Å². The van der Waals surface area contributed by atoms with Crippen LogP contribution in [-0.2, 0) is 10.9 Å². The molecule has 5 heteroatoms. The van der Waals surface area contributed by atoms with Crippen molar-refractivity contribution in [3.05, 3.63) is 0 Å². The standard InChI is InChI=1S/C5H13NO2S.Na/c1-3-4-5(2)6-9(7)8;/h5,9H,3-4H2,1-2H3,(H,6,7,8);. The molecule has 0 spiro atoms. The van der Waals surface area contributed by atoms with Gasteiger partial charge in [0.15, 0.2) is 0 Å². The molecule has 0 fully saturated rings. The van der Waals surface area contributed by atoms with E-state index in [-0.39, 0.29) is 35.6 Å². The van der Waals surface area contributed by atoms with Gasteiger partial charge in [-0.3, -0.25) is 0 Å². The maximum atomic E-state index is 10.0. The van der Waals surface area contributed by atoms with E-state index in [0.29, 0.717) is 0 Å². The smallest absolute Gasteiger partial charge is 0.201 e. The topological polar surface area (TPSA) is 46.2 Å². The zero-order valence-electron chi connectivity index (χ0n) is 6.76. The van der Waals surface area contributed by atoms with Crippen LogP contribution in [0.2, 0.25) is 0 Å². The van der Waals surface area contributed by atoms with Crippen LogP contribution in [0.5, 0.6) is 0 Å². The van der Waals surface area contributed by atoms with E-state index in [2.05, 4.69) is 4.72 Å². The molecule has 0 aromatic carbocycles. The van der Waals surface area contributed by atoms with Gasteiger partial charge < -0.3 is 0 Å². The Kier molecular flexibility index (Phi) is 10.8. The van der Waals surface area contributed by atoms with E-state index < -0.39 is 10.9 Å². The van der Waals surface area contributed by atoms with Crippen molar-refractivity contribution in [3.63, 3.8) is 0 Å². The second kappa shape index (κ2) is 8.01. The average molecular weight is 174 g/mol. The van der Waals surface area contributed by atoms with Gasteiger partial charge in [0.05, 0.1) is 0 Å². The number of hydrogen-bond donors (Lipinski definition) is 2. The van der Waals surface area contributed by atoms with E-state index >= 15 is 0 Å². The van der Waals surface area contributed by atoms with Crippen LogP contribution < -0.4 is 4.72 Å². The van der Waals surface area contributed by atoms with Crippen LogP contribution in [-0.4, -0.2) is 44.0 Å². The molecule has 10 heavy (non-hydrogen) atoms. The molecule has 0 aliphatic rings. The van der Waals surface area contributed by atoms with Gasteiger partial charge in [-0.1, -0.05) is 13.3 Å². The Morgan fingerprint density at radius 2 is 2.00 bits per heavy atom. The van der Waals surface area contributed by atoms with E-state index in [1.807, 2.05) is 13.8 Å². The molecule has 0 aromatic rings. The molecule has 0 rings (SSSR count). The molecule has 0 aliphatic carbocycles. The van der Waals surface area contributed by atoms with Crippen molar-refractivity contribution in [1.29, 1.82) is 0 Å². The van der Waals surface area contributed by atoms with Crippen molar-refractivity contribution in [2.24, 2.45) is 0 Å². The van der Waals surface area contributed by atoms with Crippen LogP contribution in [0.4, 0.5) is 0 Å². The number of rotatable bonds is 4. The minimum absolute atomic E-state index is 0. The Morgan fingerprint density at radius 1 is 1.50 bits per heavy atom. The summed E-state index contributed by atoms with van der Waals surface area (Å²) in [5, 5.41) is 0. The molecule has 0 aliphatic heterocycles. The Labute approximate surface area is 86.0 Å². The fraction of sp³-hybridized carbons (Fsp3) is 1.00.